The van der Waals surface area contributed by atoms with E-state index in [0.717, 1.165) is 63.4 Å². The van der Waals surface area contributed by atoms with Gasteiger partial charge in [0.25, 0.3) is 0 Å². The van der Waals surface area contributed by atoms with Crippen molar-refractivity contribution in [2.75, 3.05) is 0 Å². The molecule has 2 heteroatoms. The van der Waals surface area contributed by atoms with Crippen LogP contribution in [-0.2, 0) is 12.8 Å². The van der Waals surface area contributed by atoms with Gasteiger partial charge in [0.1, 0.15) is 0 Å². The largest absolute Gasteiger partial charge is 0.348 e. The number of unbranched alkanes of at least 4 members (excludes halogenated alkanes) is 31. The highest BCUT2D eigenvalue weighted by Gasteiger charge is 2.20. The predicted octanol–water partition coefficient (Wildman–Crippen LogP) is 20.3. The minimum absolute atomic E-state index is 0.896. The summed E-state index contributed by atoms with van der Waals surface area (Å²) in [6, 6.07) is 18.5. The maximum atomic E-state index is 10.0. The van der Waals surface area contributed by atoms with Gasteiger partial charge in [-0.25, -0.2) is 0 Å². The summed E-state index contributed by atoms with van der Waals surface area (Å²) in [6.07, 6.45) is 51.4. The van der Waals surface area contributed by atoms with Crippen molar-refractivity contribution in [2.45, 2.75) is 285 Å². The standard InChI is InChI=1S/C62H100N2/c1-5-9-13-17-19-20-21-22-23-24-25-26-27-28-29-30-31-32-33-34-35-36-37-41-48-57-49-43-44-53-60(57)62(58-51-45-47-56(54-58)46-39-15-11-7-3)61(52-42-38-18-14-10-6-2)59(55-64-63)50-40-16-12-8-4/h43-45,47,49,51,53-54H,5-34,37-42,46,48,50,52H2,1-4H3. The Morgan fingerprint density at radius 3 is 1.44 bits per heavy atom. The van der Waals surface area contributed by atoms with Gasteiger partial charge in [0.15, 0.2) is 0 Å². The third-order valence-electron chi connectivity index (χ3n) is 13.5. The van der Waals surface area contributed by atoms with Gasteiger partial charge in [-0.15, -0.1) is 16.6 Å². The zero-order chi connectivity index (χ0) is 45.8. The highest BCUT2D eigenvalue weighted by Crippen LogP contribution is 2.37. The van der Waals surface area contributed by atoms with E-state index < -0.39 is 0 Å². The van der Waals surface area contributed by atoms with Gasteiger partial charge in [0, 0.05) is 12.8 Å². The molecule has 0 atom stereocenters. The Morgan fingerprint density at radius 2 is 0.891 bits per heavy atom. The van der Waals surface area contributed by atoms with E-state index in [9.17, 15) is 5.53 Å². The average molecular weight is 873 g/mol. The molecule has 2 rings (SSSR count). The van der Waals surface area contributed by atoms with Crippen LogP contribution in [0, 0.1) is 11.8 Å². The summed E-state index contributed by atoms with van der Waals surface area (Å²) in [6.45, 7) is 9.16. The second-order valence-corrected chi connectivity index (χ2v) is 19.4. The molecule has 0 amide bonds. The van der Waals surface area contributed by atoms with E-state index >= 15 is 0 Å². The number of rotatable bonds is 42. The number of hydrogen-bond donors (Lipinski definition) is 0. The first-order valence-electron chi connectivity index (χ1n) is 28.0. The molecule has 64 heavy (non-hydrogen) atoms. The summed E-state index contributed by atoms with van der Waals surface area (Å²) >= 11 is 0. The fourth-order valence-electron chi connectivity index (χ4n) is 9.52. The first-order valence-corrected chi connectivity index (χ1v) is 28.0. The highest BCUT2D eigenvalue weighted by molar-refractivity contribution is 5.88. The molecule has 0 bridgehead atoms. The van der Waals surface area contributed by atoms with Gasteiger partial charge in [0.05, 0.1) is 5.57 Å². The van der Waals surface area contributed by atoms with Crippen molar-refractivity contribution >= 4 is 11.4 Å². The SMILES string of the molecule is CCCCCCCCCCCCCCCCCCCCCC#CCCCc1ccccc1C(=C(CCCCCCCC)C(=C=[N+]=[N-])CCCCCC)c1cccc(CCCCCC)c1. The number of benzene rings is 2. The maximum Gasteiger partial charge on any atom is 0.303 e. The van der Waals surface area contributed by atoms with Crippen LogP contribution in [0.4, 0.5) is 0 Å². The molecule has 0 spiro atoms. The second-order valence-electron chi connectivity index (χ2n) is 19.4. The van der Waals surface area contributed by atoms with Gasteiger partial charge >= 0.3 is 5.87 Å². The summed E-state index contributed by atoms with van der Waals surface area (Å²) in [5.74, 6) is 10.2. The van der Waals surface area contributed by atoms with Crippen molar-refractivity contribution in [1.29, 1.82) is 0 Å². The van der Waals surface area contributed by atoms with Crippen LogP contribution in [0.15, 0.2) is 59.7 Å². The normalized spacial score (nSPS) is 11.5. The Labute approximate surface area is 398 Å². The summed E-state index contributed by atoms with van der Waals surface area (Å²) in [5, 5.41) is 0. The second kappa shape index (κ2) is 42.5. The van der Waals surface area contributed by atoms with E-state index in [1.165, 1.54) is 232 Å². The lowest BCUT2D eigenvalue weighted by atomic mass is 9.82. The first kappa shape index (κ1) is 57.0. The summed E-state index contributed by atoms with van der Waals surface area (Å²) < 4.78 is 0. The van der Waals surface area contributed by atoms with Gasteiger partial charge in [-0.05, 0) is 91.2 Å². The van der Waals surface area contributed by atoms with Gasteiger partial charge in [-0.1, -0.05) is 262 Å². The Balaban J connectivity index is 2.01. The molecular formula is C62H100N2. The zero-order valence-electron chi connectivity index (χ0n) is 42.8. The van der Waals surface area contributed by atoms with E-state index in [-0.39, 0.29) is 0 Å². The number of nitrogens with zero attached hydrogens (tertiary/aromatic N) is 2. The fourth-order valence-corrected chi connectivity index (χ4v) is 9.52. The Hall–Kier alpha value is -3.10. The van der Waals surface area contributed by atoms with Crippen LogP contribution in [0.3, 0.4) is 0 Å². The summed E-state index contributed by atoms with van der Waals surface area (Å²) in [7, 11) is 0. The van der Waals surface area contributed by atoms with Crippen molar-refractivity contribution < 1.29 is 4.79 Å². The Morgan fingerprint density at radius 1 is 0.438 bits per heavy atom. The van der Waals surface area contributed by atoms with E-state index in [2.05, 4.69) is 98.7 Å². The molecule has 2 nitrogen and oxygen atoms in total. The number of hydrogen-bond acceptors (Lipinski definition) is 0. The van der Waals surface area contributed by atoms with E-state index in [0.29, 0.717) is 0 Å². The minimum atomic E-state index is 0.896. The lowest BCUT2D eigenvalue weighted by molar-refractivity contribution is 0.00739. The quantitative estimate of drug-likeness (QED) is 0.0159. The van der Waals surface area contributed by atoms with Crippen LogP contribution in [0.1, 0.15) is 294 Å². The fraction of sp³-hybridized carbons (Fsp3) is 0.710. The third-order valence-corrected chi connectivity index (χ3v) is 13.5. The van der Waals surface area contributed by atoms with Gasteiger partial charge < -0.3 is 5.53 Å². The maximum absolute atomic E-state index is 10.0. The molecule has 0 N–H and O–H groups in total. The van der Waals surface area contributed by atoms with Crippen LogP contribution in [-0.4, -0.2) is 10.7 Å². The molecule has 0 aliphatic rings. The van der Waals surface area contributed by atoms with Crippen molar-refractivity contribution in [3.63, 3.8) is 0 Å². The molecule has 0 aromatic heterocycles. The molecule has 0 saturated heterocycles. The Bertz CT molecular complexity index is 1590. The molecule has 0 heterocycles. The number of allylic oxidation sites excluding steroid dienone is 2. The molecule has 0 radical (unpaired) electrons. The average Bonchev–Trinajstić information content (AvgIpc) is 3.31. The molecule has 2 aromatic rings. The molecular weight excluding hydrogens is 773 g/mol. The molecule has 358 valence electrons. The highest BCUT2D eigenvalue weighted by atomic mass is 14.8. The monoisotopic (exact) mass is 873 g/mol. The van der Waals surface area contributed by atoms with Crippen LogP contribution in [0.25, 0.3) is 11.1 Å². The molecule has 0 aliphatic heterocycles. The predicted molar refractivity (Wildman–Crippen MR) is 284 cm³/mol. The first-order chi connectivity index (χ1) is 31.7. The van der Waals surface area contributed by atoms with E-state index in [1.54, 1.807) is 0 Å². The Kier molecular flexibility index (Phi) is 37.9. The lowest BCUT2D eigenvalue weighted by Crippen LogP contribution is -2.04. The lowest BCUT2D eigenvalue weighted by Gasteiger charge is -2.21. The van der Waals surface area contributed by atoms with E-state index in [1.807, 2.05) is 0 Å². The van der Waals surface area contributed by atoms with Gasteiger partial charge in [-0.2, -0.15) is 0 Å². The van der Waals surface area contributed by atoms with Gasteiger partial charge in [-0.3, -0.25) is 0 Å². The van der Waals surface area contributed by atoms with Gasteiger partial charge in [0.2, 0.25) is 0 Å². The molecule has 0 unspecified atom stereocenters. The summed E-state index contributed by atoms with van der Waals surface area (Å²) in [4.78, 5) is 3.59. The van der Waals surface area contributed by atoms with Crippen molar-refractivity contribution in [3.8, 4) is 11.8 Å². The minimum Gasteiger partial charge on any atom is -0.348 e. The van der Waals surface area contributed by atoms with Crippen molar-refractivity contribution in [3.05, 3.63) is 87.5 Å². The van der Waals surface area contributed by atoms with Crippen molar-refractivity contribution in [1.82, 2.24) is 0 Å². The molecule has 0 aliphatic carbocycles. The summed E-state index contributed by atoms with van der Waals surface area (Å²) in [5.41, 5.74) is 19.2. The topological polar surface area (TPSA) is 36.4 Å². The molecule has 2 aromatic carbocycles. The van der Waals surface area contributed by atoms with Crippen LogP contribution >= 0.6 is 0 Å². The number of aryl methyl sites for hydroxylation is 2. The van der Waals surface area contributed by atoms with Crippen molar-refractivity contribution in [2.24, 2.45) is 0 Å². The third kappa shape index (κ3) is 28.7. The smallest absolute Gasteiger partial charge is 0.303 e. The zero-order valence-corrected chi connectivity index (χ0v) is 42.8. The van der Waals surface area contributed by atoms with Crippen LogP contribution < -0.4 is 0 Å². The van der Waals surface area contributed by atoms with Crippen LogP contribution in [0.2, 0.25) is 0 Å². The van der Waals surface area contributed by atoms with E-state index in [4.69, 9.17) is 0 Å². The van der Waals surface area contributed by atoms with Crippen LogP contribution in [0.5, 0.6) is 0 Å². The molecule has 0 fully saturated rings. The molecule has 0 saturated carbocycles.